The Labute approximate surface area is 81.5 Å². The lowest BCUT2D eigenvalue weighted by Crippen LogP contribution is -1.95. The fourth-order valence-electron chi connectivity index (χ4n) is 0.995. The fourth-order valence-corrected chi connectivity index (χ4v) is 1.20. The van der Waals surface area contributed by atoms with Gasteiger partial charge in [-0.25, -0.2) is 0 Å². The number of rotatable bonds is 3. The van der Waals surface area contributed by atoms with E-state index >= 15 is 0 Å². The lowest BCUT2D eigenvalue weighted by Gasteiger charge is -2.09. The molecular weight excluding hydrogens is 192 g/mol. The molecule has 0 spiro atoms. The average molecular weight is 203 g/mol. The first-order valence-electron chi connectivity index (χ1n) is 3.92. The van der Waals surface area contributed by atoms with Crippen LogP contribution < -0.4 is 4.74 Å². The lowest BCUT2D eigenvalue weighted by atomic mass is 10.2. The first kappa shape index (κ1) is 9.99. The fraction of sp³-hybridized carbons (Fsp3) is 0.333. The van der Waals surface area contributed by atoms with Crippen molar-refractivity contribution in [2.45, 2.75) is 12.8 Å². The third kappa shape index (κ3) is 2.18. The minimum Gasteiger partial charge on any atom is -0.504 e. The molecule has 0 unspecified atom stereocenters. The van der Waals surface area contributed by atoms with E-state index in [0.717, 1.165) is 0 Å². The summed E-state index contributed by atoms with van der Waals surface area (Å²) in [6.07, 6.45) is 0. The molecule has 0 aliphatic carbocycles. The number of phenolic OH excluding ortho intramolecular Hbond substituents is 2. The Morgan fingerprint density at radius 3 is 2.46 bits per heavy atom. The highest BCUT2D eigenvalue weighted by Gasteiger charge is 2.08. The van der Waals surface area contributed by atoms with E-state index in [1.807, 2.05) is 6.92 Å². The van der Waals surface area contributed by atoms with Crippen LogP contribution in [-0.2, 0) is 5.88 Å². The molecule has 0 saturated carbocycles. The molecule has 0 heterocycles. The van der Waals surface area contributed by atoms with Gasteiger partial charge in [-0.2, -0.15) is 0 Å². The Bertz CT molecular complexity index is 299. The topological polar surface area (TPSA) is 49.7 Å². The molecule has 4 heteroatoms. The van der Waals surface area contributed by atoms with E-state index in [1.54, 1.807) is 0 Å². The second-order valence-corrected chi connectivity index (χ2v) is 2.78. The Balaban J connectivity index is 3.09. The minimum absolute atomic E-state index is 0.181. The van der Waals surface area contributed by atoms with Gasteiger partial charge in [-0.1, -0.05) is 0 Å². The summed E-state index contributed by atoms with van der Waals surface area (Å²) < 4.78 is 5.21. The molecule has 0 aliphatic rings. The van der Waals surface area contributed by atoms with E-state index in [9.17, 15) is 5.11 Å². The van der Waals surface area contributed by atoms with Gasteiger partial charge >= 0.3 is 0 Å². The second-order valence-electron chi connectivity index (χ2n) is 2.52. The molecule has 0 atom stereocenters. The molecule has 0 aliphatic heterocycles. The first-order valence-corrected chi connectivity index (χ1v) is 4.46. The van der Waals surface area contributed by atoms with Crippen LogP contribution in [0.5, 0.6) is 17.2 Å². The molecule has 3 nitrogen and oxygen atoms in total. The summed E-state index contributed by atoms with van der Waals surface area (Å²) in [4.78, 5) is 0. The number of alkyl halides is 1. The summed E-state index contributed by atoms with van der Waals surface area (Å²) in [6.45, 7) is 2.33. The summed E-state index contributed by atoms with van der Waals surface area (Å²) in [5.41, 5.74) is 0.666. The van der Waals surface area contributed by atoms with E-state index in [2.05, 4.69) is 0 Å². The minimum atomic E-state index is -0.197. The number of hydrogen-bond acceptors (Lipinski definition) is 3. The van der Waals surface area contributed by atoms with E-state index in [0.29, 0.717) is 17.9 Å². The number of hydrogen-bond donors (Lipinski definition) is 2. The Kier molecular flexibility index (Phi) is 3.25. The highest BCUT2D eigenvalue weighted by Crippen LogP contribution is 2.33. The maximum atomic E-state index is 9.17. The highest BCUT2D eigenvalue weighted by molar-refractivity contribution is 6.17. The van der Waals surface area contributed by atoms with Gasteiger partial charge in [-0.3, -0.25) is 0 Å². The number of halogens is 1. The largest absolute Gasteiger partial charge is 0.504 e. The van der Waals surface area contributed by atoms with Gasteiger partial charge in [0.15, 0.2) is 11.5 Å². The molecule has 1 rings (SSSR count). The van der Waals surface area contributed by atoms with Gasteiger partial charge in [-0.15, -0.1) is 11.6 Å². The number of phenols is 2. The maximum Gasteiger partial charge on any atom is 0.161 e. The molecular formula is C9H11ClO3. The third-order valence-corrected chi connectivity index (χ3v) is 1.89. The van der Waals surface area contributed by atoms with Gasteiger partial charge in [0.1, 0.15) is 5.75 Å². The summed E-state index contributed by atoms with van der Waals surface area (Å²) in [5, 5.41) is 18.3. The zero-order chi connectivity index (χ0) is 9.84. The van der Waals surface area contributed by atoms with Crippen molar-refractivity contribution in [3.63, 3.8) is 0 Å². The SMILES string of the molecule is CCOc1cc(O)c(O)cc1CCl. The van der Waals surface area contributed by atoms with E-state index in [1.165, 1.54) is 12.1 Å². The zero-order valence-electron chi connectivity index (χ0n) is 7.25. The van der Waals surface area contributed by atoms with Crippen LogP contribution in [0.3, 0.4) is 0 Å². The number of benzene rings is 1. The van der Waals surface area contributed by atoms with Crippen molar-refractivity contribution in [2.24, 2.45) is 0 Å². The number of ether oxygens (including phenoxy) is 1. The van der Waals surface area contributed by atoms with Crippen LogP contribution in [0.1, 0.15) is 12.5 Å². The molecule has 0 amide bonds. The Morgan fingerprint density at radius 2 is 1.92 bits per heavy atom. The van der Waals surface area contributed by atoms with Crippen LogP contribution in [0.15, 0.2) is 12.1 Å². The monoisotopic (exact) mass is 202 g/mol. The smallest absolute Gasteiger partial charge is 0.161 e. The Morgan fingerprint density at radius 1 is 1.31 bits per heavy atom. The highest BCUT2D eigenvalue weighted by atomic mass is 35.5. The summed E-state index contributed by atoms with van der Waals surface area (Å²) in [7, 11) is 0. The van der Waals surface area contributed by atoms with Crippen LogP contribution in [-0.4, -0.2) is 16.8 Å². The van der Waals surface area contributed by atoms with Crippen molar-refractivity contribution < 1.29 is 14.9 Å². The van der Waals surface area contributed by atoms with Crippen molar-refractivity contribution in [3.05, 3.63) is 17.7 Å². The molecule has 13 heavy (non-hydrogen) atoms. The normalized spacial score (nSPS) is 10.0. The van der Waals surface area contributed by atoms with Crippen LogP contribution in [0, 0.1) is 0 Å². The van der Waals surface area contributed by atoms with Crippen LogP contribution >= 0.6 is 11.6 Å². The summed E-state index contributed by atoms with van der Waals surface area (Å²) >= 11 is 5.62. The maximum absolute atomic E-state index is 9.17. The molecule has 0 saturated heterocycles. The quantitative estimate of drug-likeness (QED) is 0.584. The van der Waals surface area contributed by atoms with Crippen molar-refractivity contribution in [1.82, 2.24) is 0 Å². The third-order valence-electron chi connectivity index (χ3n) is 1.60. The molecule has 0 bridgehead atoms. The van der Waals surface area contributed by atoms with Gasteiger partial charge in [0, 0.05) is 11.6 Å². The van der Waals surface area contributed by atoms with Crippen LogP contribution in [0.25, 0.3) is 0 Å². The van der Waals surface area contributed by atoms with Crippen molar-refractivity contribution in [3.8, 4) is 17.2 Å². The molecule has 1 aromatic carbocycles. The average Bonchev–Trinajstić information content (AvgIpc) is 2.11. The summed E-state index contributed by atoms with van der Waals surface area (Å²) in [5.74, 6) is 0.368. The van der Waals surface area contributed by atoms with Crippen molar-refractivity contribution >= 4 is 11.6 Å². The van der Waals surface area contributed by atoms with E-state index in [4.69, 9.17) is 21.4 Å². The van der Waals surface area contributed by atoms with E-state index in [-0.39, 0.29) is 17.4 Å². The molecule has 72 valence electrons. The molecule has 1 aromatic rings. The van der Waals surface area contributed by atoms with Crippen molar-refractivity contribution in [2.75, 3.05) is 6.61 Å². The van der Waals surface area contributed by atoms with Gasteiger partial charge < -0.3 is 14.9 Å². The molecule has 0 fully saturated rings. The molecule has 2 N–H and O–H groups in total. The first-order chi connectivity index (χ1) is 6.19. The van der Waals surface area contributed by atoms with Crippen LogP contribution in [0.4, 0.5) is 0 Å². The zero-order valence-corrected chi connectivity index (χ0v) is 8.01. The Hall–Kier alpha value is -1.09. The predicted molar refractivity (Wildman–Crippen MR) is 50.5 cm³/mol. The van der Waals surface area contributed by atoms with Gasteiger partial charge in [0.25, 0.3) is 0 Å². The lowest BCUT2D eigenvalue weighted by molar-refractivity contribution is 0.331. The molecule has 0 radical (unpaired) electrons. The molecule has 0 aromatic heterocycles. The van der Waals surface area contributed by atoms with E-state index < -0.39 is 0 Å². The number of aromatic hydroxyl groups is 2. The summed E-state index contributed by atoms with van der Waals surface area (Å²) in [6, 6.07) is 2.75. The van der Waals surface area contributed by atoms with Crippen molar-refractivity contribution in [1.29, 1.82) is 0 Å². The van der Waals surface area contributed by atoms with Gasteiger partial charge in [0.2, 0.25) is 0 Å². The van der Waals surface area contributed by atoms with Gasteiger partial charge in [0.05, 0.1) is 12.5 Å². The standard InChI is InChI=1S/C9H11ClO3/c1-2-13-9-4-8(12)7(11)3-6(9)5-10/h3-4,11-12H,2,5H2,1H3. The van der Waals surface area contributed by atoms with Crippen LogP contribution in [0.2, 0.25) is 0 Å². The second kappa shape index (κ2) is 4.23. The predicted octanol–water partition coefficient (Wildman–Crippen LogP) is 2.24. The van der Waals surface area contributed by atoms with Gasteiger partial charge in [-0.05, 0) is 13.0 Å².